The maximum atomic E-state index is 9.89. The van der Waals surface area contributed by atoms with Gasteiger partial charge in [-0.15, -0.1) is 0 Å². The molecule has 8 aromatic heterocycles. The lowest BCUT2D eigenvalue weighted by atomic mass is 10.2. The van der Waals surface area contributed by atoms with Crippen molar-refractivity contribution in [2.45, 2.75) is 108 Å². The van der Waals surface area contributed by atoms with E-state index in [1.807, 2.05) is 244 Å². The molecule has 672 valence electrons. The van der Waals surface area contributed by atoms with Crippen molar-refractivity contribution in [1.82, 2.24) is 0 Å². The van der Waals surface area contributed by atoms with Crippen molar-refractivity contribution in [2.24, 2.45) is 0 Å². The number of rotatable bonds is 8. The van der Waals surface area contributed by atoms with Gasteiger partial charge in [0.05, 0.1) is 83.3 Å². The van der Waals surface area contributed by atoms with Crippen LogP contribution in [0.15, 0.2) is 244 Å². The normalized spacial score (nSPS) is 10.3. The summed E-state index contributed by atoms with van der Waals surface area (Å²) in [6.07, 6.45) is 15.8. The second-order valence-electron chi connectivity index (χ2n) is 26.0. The summed E-state index contributed by atoms with van der Waals surface area (Å²) >= 11 is 96.2. The van der Waals surface area contributed by atoms with E-state index in [-0.39, 0.29) is 0 Å². The average molecular weight is 2060 g/mol. The Kier molecular flexibility index (Phi) is 49.8. The summed E-state index contributed by atoms with van der Waals surface area (Å²) in [6, 6.07) is 61.2. The Morgan fingerprint density at radius 1 is 0.180 bits per heavy atom. The van der Waals surface area contributed by atoms with E-state index in [1.165, 1.54) is 0 Å². The highest BCUT2D eigenvalue weighted by Gasteiger charge is 2.18. The van der Waals surface area contributed by atoms with Crippen LogP contribution in [0.3, 0.4) is 0 Å². The highest BCUT2D eigenvalue weighted by Crippen LogP contribution is 2.31. The van der Waals surface area contributed by atoms with Crippen LogP contribution in [0.2, 0.25) is 80.4 Å². The van der Waals surface area contributed by atoms with E-state index in [4.69, 9.17) is 226 Å². The van der Waals surface area contributed by atoms with Crippen molar-refractivity contribution >= 4 is 302 Å². The second kappa shape index (κ2) is 57.0. The minimum Gasteiger partial charge on any atom is -0.867 e. The van der Waals surface area contributed by atoms with Crippen LogP contribution in [0, 0.1) is 0 Å². The lowest BCUT2D eigenvalue weighted by molar-refractivity contribution is -0.668. The molecule has 0 aliphatic rings. The summed E-state index contributed by atoms with van der Waals surface area (Å²) in [6.45, 7) is 24.0. The number of fused-ring (bicyclic) bond motifs is 8. The average Bonchev–Trinajstić information content (AvgIpc) is 0.857. The Balaban J connectivity index is 0.000000253. The molecule has 8 heterocycles. The van der Waals surface area contributed by atoms with Crippen LogP contribution in [0.4, 0.5) is 17.3 Å². The topological polar surface area (TPSA) is 216 Å². The van der Waals surface area contributed by atoms with Crippen LogP contribution in [0.1, 0.15) is 55.4 Å². The van der Waals surface area contributed by atoms with Gasteiger partial charge in [-0.25, -0.2) is 0 Å². The first-order valence-corrected chi connectivity index (χ1v) is 44.8. The van der Waals surface area contributed by atoms with E-state index in [9.17, 15) is 17.3 Å². The Morgan fingerprint density at radius 2 is 0.266 bits per heavy atom. The Hall–Kier alpha value is -6.66. The standard InChI is InChI=1S/8C11H10Cl2N.4BFO2/c8*1-2-14-6-5-10(13)9-4-3-8(12)7-11(9)14;4*2-1(3)4/h8*3-7H,2H2,1H3;;;;/q8*+1;4*-2. The lowest BCUT2D eigenvalue weighted by Crippen LogP contribution is -2.39. The molecule has 0 aliphatic heterocycles. The molecule has 0 radical (unpaired) electrons. The van der Waals surface area contributed by atoms with E-state index in [1.54, 1.807) is 0 Å². The monoisotopic (exact) mass is 2060 g/mol. The number of aromatic nitrogens is 8. The first-order chi connectivity index (χ1) is 60.7. The number of benzene rings is 8. The molecule has 0 unspecified atom stereocenters. The van der Waals surface area contributed by atoms with Crippen LogP contribution in [-0.4, -0.2) is 29.6 Å². The van der Waals surface area contributed by atoms with Crippen LogP contribution in [0.25, 0.3) is 87.2 Å². The molecule has 0 saturated heterocycles. The molecular formula is C88H80B4Cl16F4N8O8. The highest BCUT2D eigenvalue weighted by molar-refractivity contribution is 6.41. The predicted molar refractivity (Wildman–Crippen MR) is 506 cm³/mol. The largest absolute Gasteiger partial charge is 0.867 e. The fourth-order valence-corrected chi connectivity index (χ4v) is 15.4. The van der Waals surface area contributed by atoms with Crippen molar-refractivity contribution in [1.29, 1.82) is 0 Å². The molecule has 0 spiro atoms. The van der Waals surface area contributed by atoms with Gasteiger partial charge in [-0.1, -0.05) is 186 Å². The first-order valence-electron chi connectivity index (χ1n) is 38.7. The molecular weight excluding hydrogens is 1980 g/mol. The van der Waals surface area contributed by atoms with Crippen molar-refractivity contribution in [3.05, 3.63) is 324 Å². The molecule has 0 atom stereocenters. The Labute approximate surface area is 820 Å². The summed E-state index contributed by atoms with van der Waals surface area (Å²) in [5, 5.41) is 86.8. The minimum absolute atomic E-state index is 0.738. The summed E-state index contributed by atoms with van der Waals surface area (Å²) in [5.74, 6) is 0. The van der Waals surface area contributed by atoms with Crippen LogP contribution >= 0.6 is 186 Å². The SMILES string of the molecule is CC[n+]1ccc(Cl)c2ccc(Cl)cc21.CC[n+]1ccc(Cl)c2ccc(Cl)cc21.CC[n+]1ccc(Cl)c2ccc(Cl)cc21.CC[n+]1ccc(Cl)c2ccc(Cl)cc21.CC[n+]1ccc(Cl)c2ccc(Cl)cc21.CC[n+]1ccc(Cl)c2ccc(Cl)cc21.CC[n+]1ccc(Cl)c2ccc(Cl)cc21.CC[n+]1ccc(Cl)c2ccc(Cl)cc21.[O-]B([O-])F.[O-]B([O-])F.[O-]B([O-])F.[O-]B([O-])F. The highest BCUT2D eigenvalue weighted by atomic mass is 35.5. The van der Waals surface area contributed by atoms with Gasteiger partial charge in [0.1, 0.15) is 81.9 Å². The summed E-state index contributed by atoms with van der Waals surface area (Å²) in [4.78, 5) is 0. The number of halogens is 20. The molecule has 16 aromatic rings. The lowest BCUT2D eigenvalue weighted by Gasteiger charge is -2.09. The zero-order valence-corrected chi connectivity index (χ0v) is 81.6. The Bertz CT molecular complexity index is 5220. The van der Waals surface area contributed by atoms with E-state index < -0.39 is 29.6 Å². The third-order valence-corrected chi connectivity index (χ3v) is 22.7. The van der Waals surface area contributed by atoms with Gasteiger partial charge in [0.2, 0.25) is 44.1 Å². The van der Waals surface area contributed by atoms with E-state index in [2.05, 4.69) is 91.9 Å². The molecule has 40 heteroatoms. The molecule has 0 amide bonds. The summed E-state index contributed by atoms with van der Waals surface area (Å²) in [5.41, 5.74) is 8.61. The number of hydrogen-bond acceptors (Lipinski definition) is 8. The molecule has 0 aliphatic carbocycles. The third-order valence-electron chi connectivity index (χ3n) is 18.1. The maximum Gasteiger partial charge on any atom is 0.215 e. The minimum atomic E-state index is -3.17. The molecule has 8 aromatic carbocycles. The van der Waals surface area contributed by atoms with Gasteiger partial charge in [0.25, 0.3) is 0 Å². The number of nitrogens with zero attached hydrogens (tertiary/aromatic N) is 8. The van der Waals surface area contributed by atoms with Crippen LogP contribution < -0.4 is 76.7 Å². The van der Waals surface area contributed by atoms with Gasteiger partial charge in [0, 0.05) is 137 Å². The first kappa shape index (κ1) is 112. The zero-order chi connectivity index (χ0) is 95.3. The van der Waals surface area contributed by atoms with Crippen LogP contribution in [-0.2, 0) is 52.4 Å². The third kappa shape index (κ3) is 35.4. The molecule has 16 rings (SSSR count). The van der Waals surface area contributed by atoms with E-state index >= 15 is 0 Å². The van der Waals surface area contributed by atoms with Gasteiger partial charge in [0.15, 0.2) is 49.6 Å². The fourth-order valence-electron chi connectivity index (χ4n) is 12.4. The molecule has 128 heavy (non-hydrogen) atoms. The van der Waals surface area contributed by atoms with Crippen molar-refractivity contribution in [3.63, 3.8) is 0 Å². The van der Waals surface area contributed by atoms with Gasteiger partial charge in [-0.3, -0.25) is 0 Å². The quantitative estimate of drug-likeness (QED) is 0.0808. The van der Waals surface area contributed by atoms with Crippen molar-refractivity contribution in [2.75, 3.05) is 0 Å². The predicted octanol–water partition coefficient (Wildman–Crippen LogP) is 18.3. The van der Waals surface area contributed by atoms with Gasteiger partial charge in [-0.2, -0.15) is 36.5 Å². The second-order valence-corrected chi connectivity index (χ2v) is 32.7. The van der Waals surface area contributed by atoms with E-state index in [0.29, 0.717) is 0 Å². The smallest absolute Gasteiger partial charge is 0.215 e. The van der Waals surface area contributed by atoms with Gasteiger partial charge in [-0.05, 0) is 152 Å². The van der Waals surface area contributed by atoms with Gasteiger partial charge < -0.3 is 57.5 Å². The van der Waals surface area contributed by atoms with E-state index in [0.717, 1.165) is 220 Å². The maximum absolute atomic E-state index is 9.89. The van der Waals surface area contributed by atoms with Gasteiger partial charge >= 0.3 is 0 Å². The van der Waals surface area contributed by atoms with Crippen molar-refractivity contribution in [3.8, 4) is 0 Å². The molecule has 0 saturated carbocycles. The fraction of sp³-hybridized carbons (Fsp3) is 0.182. The van der Waals surface area contributed by atoms with Crippen molar-refractivity contribution < 1.29 is 94.0 Å². The molecule has 0 fully saturated rings. The number of pyridine rings is 8. The number of aryl methyl sites for hydroxylation is 8. The Morgan fingerprint density at radius 3 is 0.344 bits per heavy atom. The molecule has 0 bridgehead atoms. The molecule has 0 N–H and O–H groups in total. The number of hydrogen-bond donors (Lipinski definition) is 0. The zero-order valence-electron chi connectivity index (χ0n) is 69.5. The summed E-state index contributed by atoms with van der Waals surface area (Å²) in [7, 11) is -12.7. The summed E-state index contributed by atoms with van der Waals surface area (Å²) < 4.78 is 56.5. The molecule has 16 nitrogen and oxygen atoms in total. The van der Waals surface area contributed by atoms with Crippen LogP contribution in [0.5, 0.6) is 0 Å².